The average Bonchev–Trinajstić information content (AvgIpc) is 2.69. The van der Waals surface area contributed by atoms with Crippen LogP contribution in [0.1, 0.15) is 6.42 Å². The van der Waals surface area contributed by atoms with E-state index in [1.165, 1.54) is 0 Å². The van der Waals surface area contributed by atoms with Crippen LogP contribution in [0.5, 0.6) is 5.75 Å². The molecule has 2 aromatic rings. The third-order valence-electron chi connectivity index (χ3n) is 4.27. The second-order valence-electron chi connectivity index (χ2n) is 6.01. The third kappa shape index (κ3) is 4.50. The topological polar surface area (TPSA) is 74.8 Å². The second kappa shape index (κ2) is 8.33. The quantitative estimate of drug-likeness (QED) is 0.829. The fourth-order valence-corrected chi connectivity index (χ4v) is 2.88. The molecule has 1 saturated heterocycles. The number of methoxy groups -OCH3 is 1. The van der Waals surface area contributed by atoms with Gasteiger partial charge in [0.25, 0.3) is 0 Å². The number of aromatic nitrogens is 1. The van der Waals surface area contributed by atoms with Gasteiger partial charge in [0.05, 0.1) is 7.11 Å². The minimum atomic E-state index is -0.324. The molecule has 136 valence electrons. The zero-order valence-corrected chi connectivity index (χ0v) is 14.7. The highest BCUT2D eigenvalue weighted by Gasteiger charge is 2.23. The molecule has 1 aromatic heterocycles. The Morgan fingerprint density at radius 3 is 2.62 bits per heavy atom. The minimum absolute atomic E-state index is 0.161. The Morgan fingerprint density at radius 2 is 1.92 bits per heavy atom. The summed E-state index contributed by atoms with van der Waals surface area (Å²) >= 11 is 0. The molecule has 3 rings (SSSR count). The number of nitrogens with one attached hydrogen (secondary N) is 1. The fraction of sp³-hybridized carbons (Fsp3) is 0.316. The number of hydrogen-bond donors (Lipinski definition) is 1. The average molecular weight is 354 g/mol. The van der Waals surface area contributed by atoms with Crippen molar-refractivity contribution in [2.75, 3.05) is 43.5 Å². The summed E-state index contributed by atoms with van der Waals surface area (Å²) in [7, 11) is 1.56. The molecule has 2 amide bonds. The predicted octanol–water partition coefficient (Wildman–Crippen LogP) is 1.77. The summed E-state index contributed by atoms with van der Waals surface area (Å²) in [4.78, 5) is 32.7. The van der Waals surface area contributed by atoms with Crippen molar-refractivity contribution in [1.82, 2.24) is 9.88 Å². The van der Waals surface area contributed by atoms with E-state index in [1.807, 2.05) is 18.2 Å². The normalized spacial score (nSPS) is 14.0. The van der Waals surface area contributed by atoms with Crippen molar-refractivity contribution in [2.45, 2.75) is 6.42 Å². The van der Waals surface area contributed by atoms with E-state index in [1.54, 1.807) is 42.5 Å². The van der Waals surface area contributed by atoms with Gasteiger partial charge in [0, 0.05) is 44.1 Å². The van der Waals surface area contributed by atoms with Crippen molar-refractivity contribution in [3.63, 3.8) is 0 Å². The standard InChI is InChI=1S/C19H22N4O3/c1-26-16-6-4-5-15(13-16)21-18(24)14-19(25)23-11-9-22(10-12-23)17-7-2-3-8-20-17/h2-8,13H,9-12,14H2,1H3,(H,21,24). The molecular weight excluding hydrogens is 332 g/mol. The zero-order chi connectivity index (χ0) is 18.4. The Bertz CT molecular complexity index is 758. The van der Waals surface area contributed by atoms with Gasteiger partial charge in [0.15, 0.2) is 0 Å². The predicted molar refractivity (Wildman–Crippen MR) is 99.3 cm³/mol. The summed E-state index contributed by atoms with van der Waals surface area (Å²) in [6.07, 6.45) is 1.59. The molecule has 0 radical (unpaired) electrons. The van der Waals surface area contributed by atoms with E-state index in [0.29, 0.717) is 37.6 Å². The van der Waals surface area contributed by atoms with Gasteiger partial charge in [-0.2, -0.15) is 0 Å². The highest BCUT2D eigenvalue weighted by Crippen LogP contribution is 2.17. The molecule has 26 heavy (non-hydrogen) atoms. The van der Waals surface area contributed by atoms with Crippen LogP contribution in [0.3, 0.4) is 0 Å². The van der Waals surface area contributed by atoms with Gasteiger partial charge in [-0.05, 0) is 24.3 Å². The van der Waals surface area contributed by atoms with Crippen molar-refractivity contribution in [3.8, 4) is 5.75 Å². The number of hydrogen-bond acceptors (Lipinski definition) is 5. The number of anilines is 2. The van der Waals surface area contributed by atoms with Gasteiger partial charge in [-0.15, -0.1) is 0 Å². The third-order valence-corrected chi connectivity index (χ3v) is 4.27. The number of pyridine rings is 1. The first kappa shape index (κ1) is 17.7. The lowest BCUT2D eigenvalue weighted by atomic mass is 10.2. The first-order valence-corrected chi connectivity index (χ1v) is 8.53. The van der Waals surface area contributed by atoms with Crippen molar-refractivity contribution in [3.05, 3.63) is 48.7 Å². The van der Waals surface area contributed by atoms with Gasteiger partial charge in [0.1, 0.15) is 18.0 Å². The molecule has 7 nitrogen and oxygen atoms in total. The van der Waals surface area contributed by atoms with Gasteiger partial charge >= 0.3 is 0 Å². The largest absolute Gasteiger partial charge is 0.497 e. The molecule has 0 aliphatic carbocycles. The van der Waals surface area contributed by atoms with Crippen molar-refractivity contribution in [2.24, 2.45) is 0 Å². The lowest BCUT2D eigenvalue weighted by molar-refractivity contribution is -0.134. The van der Waals surface area contributed by atoms with Gasteiger partial charge < -0.3 is 19.9 Å². The number of rotatable bonds is 5. The molecule has 1 aliphatic heterocycles. The molecule has 0 spiro atoms. The molecule has 0 atom stereocenters. The van der Waals surface area contributed by atoms with Crippen LogP contribution in [0.2, 0.25) is 0 Å². The molecule has 1 aliphatic rings. The summed E-state index contributed by atoms with van der Waals surface area (Å²) in [6.45, 7) is 2.59. The van der Waals surface area contributed by atoms with Crippen LogP contribution in [0.4, 0.5) is 11.5 Å². The Labute approximate surface area is 152 Å². The monoisotopic (exact) mass is 354 g/mol. The summed E-state index contributed by atoms with van der Waals surface area (Å²) < 4.78 is 5.12. The van der Waals surface area contributed by atoms with E-state index in [-0.39, 0.29) is 18.2 Å². The Hall–Kier alpha value is -3.09. The molecule has 0 bridgehead atoms. The maximum absolute atomic E-state index is 12.4. The van der Waals surface area contributed by atoms with E-state index < -0.39 is 0 Å². The van der Waals surface area contributed by atoms with E-state index in [2.05, 4.69) is 15.2 Å². The zero-order valence-electron chi connectivity index (χ0n) is 14.7. The van der Waals surface area contributed by atoms with Gasteiger partial charge in [-0.3, -0.25) is 9.59 Å². The SMILES string of the molecule is COc1cccc(NC(=O)CC(=O)N2CCN(c3ccccn3)CC2)c1. The molecule has 0 saturated carbocycles. The van der Waals surface area contributed by atoms with E-state index in [0.717, 1.165) is 5.82 Å². The van der Waals surface area contributed by atoms with Crippen LogP contribution >= 0.6 is 0 Å². The van der Waals surface area contributed by atoms with Crippen molar-refractivity contribution >= 4 is 23.3 Å². The Balaban J connectivity index is 1.48. The van der Waals surface area contributed by atoms with Gasteiger partial charge in [-0.25, -0.2) is 4.98 Å². The fourth-order valence-electron chi connectivity index (χ4n) is 2.88. The maximum atomic E-state index is 12.4. The molecule has 2 heterocycles. The maximum Gasteiger partial charge on any atom is 0.233 e. The number of nitrogens with zero attached hydrogens (tertiary/aromatic N) is 3. The lowest BCUT2D eigenvalue weighted by Gasteiger charge is -2.35. The highest BCUT2D eigenvalue weighted by molar-refractivity contribution is 6.03. The summed E-state index contributed by atoms with van der Waals surface area (Å²) in [5, 5.41) is 2.73. The first-order chi connectivity index (χ1) is 12.7. The molecule has 1 fully saturated rings. The first-order valence-electron chi connectivity index (χ1n) is 8.53. The lowest BCUT2D eigenvalue weighted by Crippen LogP contribution is -2.49. The van der Waals surface area contributed by atoms with Gasteiger partial charge in [0.2, 0.25) is 11.8 Å². The van der Waals surface area contributed by atoms with Crippen LogP contribution in [0.25, 0.3) is 0 Å². The molecule has 7 heteroatoms. The van der Waals surface area contributed by atoms with E-state index >= 15 is 0 Å². The number of carbonyl (C=O) groups is 2. The van der Waals surface area contributed by atoms with Crippen LogP contribution in [0, 0.1) is 0 Å². The number of amides is 2. The summed E-state index contributed by atoms with van der Waals surface area (Å²) in [5.74, 6) is 1.08. The second-order valence-corrected chi connectivity index (χ2v) is 6.01. The smallest absolute Gasteiger partial charge is 0.233 e. The minimum Gasteiger partial charge on any atom is -0.497 e. The van der Waals surface area contributed by atoms with Crippen molar-refractivity contribution in [1.29, 1.82) is 0 Å². The van der Waals surface area contributed by atoms with Crippen LogP contribution in [-0.4, -0.2) is 55.0 Å². The van der Waals surface area contributed by atoms with Gasteiger partial charge in [-0.1, -0.05) is 12.1 Å². The highest BCUT2D eigenvalue weighted by atomic mass is 16.5. The van der Waals surface area contributed by atoms with Crippen LogP contribution in [0.15, 0.2) is 48.7 Å². The van der Waals surface area contributed by atoms with Crippen LogP contribution < -0.4 is 15.0 Å². The van der Waals surface area contributed by atoms with E-state index in [9.17, 15) is 9.59 Å². The Morgan fingerprint density at radius 1 is 1.12 bits per heavy atom. The number of carbonyl (C=O) groups excluding carboxylic acids is 2. The summed E-state index contributed by atoms with van der Waals surface area (Å²) in [5.41, 5.74) is 0.613. The van der Waals surface area contributed by atoms with Crippen LogP contribution in [-0.2, 0) is 9.59 Å². The molecular formula is C19H22N4O3. The van der Waals surface area contributed by atoms with Crippen molar-refractivity contribution < 1.29 is 14.3 Å². The molecule has 1 aromatic carbocycles. The number of benzene rings is 1. The Kier molecular flexibility index (Phi) is 5.68. The summed E-state index contributed by atoms with van der Waals surface area (Å²) in [6, 6.07) is 12.8. The molecule has 1 N–H and O–H groups in total. The van der Waals surface area contributed by atoms with E-state index in [4.69, 9.17) is 4.74 Å². The number of piperazine rings is 1. The number of ether oxygens (including phenoxy) is 1. The molecule has 0 unspecified atom stereocenters.